The molecule has 0 aliphatic rings. The zero-order valence-corrected chi connectivity index (χ0v) is 12.7. The quantitative estimate of drug-likeness (QED) is 0.728. The zero-order chi connectivity index (χ0) is 14.3. The van der Waals surface area contributed by atoms with Crippen molar-refractivity contribution in [3.05, 3.63) is 36.2 Å². The van der Waals surface area contributed by atoms with Crippen LogP contribution in [0.1, 0.15) is 38.4 Å². The summed E-state index contributed by atoms with van der Waals surface area (Å²) in [6.07, 6.45) is 5.09. The molecule has 0 aromatic carbocycles. The van der Waals surface area contributed by atoms with E-state index in [1.165, 1.54) is 11.3 Å². The fourth-order valence-corrected chi connectivity index (χ4v) is 2.05. The first-order valence-electron chi connectivity index (χ1n) is 7.13. The predicted octanol–water partition coefficient (Wildman–Crippen LogP) is 3.29. The minimum absolute atomic E-state index is 0.480. The van der Waals surface area contributed by atoms with Crippen molar-refractivity contribution in [1.29, 1.82) is 0 Å². The Hall–Kier alpha value is -1.35. The molecule has 1 rings (SSSR count). The number of anilines is 1. The maximum absolute atomic E-state index is 4.43. The number of hydrogen-bond donors (Lipinski definition) is 1. The smallest absolute Gasteiger partial charge is 0.0448 e. The lowest BCUT2D eigenvalue weighted by molar-refractivity contribution is 0.586. The van der Waals surface area contributed by atoms with Gasteiger partial charge in [-0.05, 0) is 19.4 Å². The van der Waals surface area contributed by atoms with E-state index in [2.05, 4.69) is 48.6 Å². The molecule has 0 saturated carbocycles. The molecule has 0 bridgehead atoms. The molecule has 1 heterocycles. The molecule has 0 aliphatic carbocycles. The molecule has 1 N–H and O–H groups in total. The minimum atomic E-state index is 0.480. The van der Waals surface area contributed by atoms with Gasteiger partial charge in [-0.2, -0.15) is 0 Å². The third-order valence-corrected chi connectivity index (χ3v) is 2.98. The van der Waals surface area contributed by atoms with Crippen LogP contribution in [0, 0.1) is 6.92 Å². The van der Waals surface area contributed by atoms with Crippen molar-refractivity contribution < 1.29 is 0 Å². The topological polar surface area (TPSA) is 28.2 Å². The Balaban J connectivity index is 2.99. The van der Waals surface area contributed by atoms with Gasteiger partial charge in [-0.1, -0.05) is 26.8 Å². The van der Waals surface area contributed by atoms with E-state index in [0.717, 1.165) is 31.7 Å². The van der Waals surface area contributed by atoms with Gasteiger partial charge in [0, 0.05) is 48.8 Å². The number of aryl methyl sites for hydroxylation is 1. The predicted molar refractivity (Wildman–Crippen MR) is 83.7 cm³/mol. The highest BCUT2D eigenvalue weighted by Crippen LogP contribution is 2.21. The molecule has 0 amide bonds. The maximum Gasteiger partial charge on any atom is 0.0448 e. The Morgan fingerprint density at radius 1 is 1.47 bits per heavy atom. The second kappa shape index (κ2) is 7.95. The van der Waals surface area contributed by atoms with E-state index in [0.29, 0.717) is 6.04 Å². The molecule has 1 aromatic heterocycles. The Bertz CT molecular complexity index is 399. The van der Waals surface area contributed by atoms with Gasteiger partial charge in [-0.25, -0.2) is 0 Å². The number of hydrogen-bond acceptors (Lipinski definition) is 3. The average Bonchev–Trinajstić information content (AvgIpc) is 2.37. The van der Waals surface area contributed by atoms with Crippen LogP contribution in [0.2, 0.25) is 0 Å². The molecule has 106 valence electrons. The normalized spacial score (nSPS) is 10.8. The van der Waals surface area contributed by atoms with Crippen molar-refractivity contribution >= 4 is 5.69 Å². The van der Waals surface area contributed by atoms with Crippen molar-refractivity contribution in [2.45, 2.75) is 46.7 Å². The first kappa shape index (κ1) is 15.7. The Labute approximate surface area is 117 Å². The minimum Gasteiger partial charge on any atom is -0.367 e. The van der Waals surface area contributed by atoms with Gasteiger partial charge in [-0.15, -0.1) is 6.58 Å². The Kier molecular flexibility index (Phi) is 6.57. The third-order valence-electron chi connectivity index (χ3n) is 2.98. The molecule has 0 aliphatic heterocycles. The van der Waals surface area contributed by atoms with Crippen LogP contribution in [0.25, 0.3) is 0 Å². The van der Waals surface area contributed by atoms with Gasteiger partial charge < -0.3 is 10.2 Å². The zero-order valence-electron chi connectivity index (χ0n) is 12.7. The number of pyridine rings is 1. The summed E-state index contributed by atoms with van der Waals surface area (Å²) in [7, 11) is 0. The van der Waals surface area contributed by atoms with Crippen LogP contribution >= 0.6 is 0 Å². The molecule has 3 nitrogen and oxygen atoms in total. The van der Waals surface area contributed by atoms with Gasteiger partial charge in [0.05, 0.1) is 0 Å². The molecule has 3 heteroatoms. The lowest BCUT2D eigenvalue weighted by atomic mass is 10.1. The molecule has 0 fully saturated rings. The second-order valence-corrected chi connectivity index (χ2v) is 5.22. The van der Waals surface area contributed by atoms with Crippen molar-refractivity contribution in [2.24, 2.45) is 0 Å². The van der Waals surface area contributed by atoms with Crippen LogP contribution in [0.5, 0.6) is 0 Å². The van der Waals surface area contributed by atoms with E-state index in [4.69, 9.17) is 0 Å². The molecule has 0 spiro atoms. The Morgan fingerprint density at radius 3 is 2.79 bits per heavy atom. The van der Waals surface area contributed by atoms with Crippen LogP contribution in [0.15, 0.2) is 24.9 Å². The molecule has 0 unspecified atom stereocenters. The highest BCUT2D eigenvalue weighted by molar-refractivity contribution is 5.54. The summed E-state index contributed by atoms with van der Waals surface area (Å²) in [5.41, 5.74) is 3.60. The van der Waals surface area contributed by atoms with Crippen molar-refractivity contribution in [3.63, 3.8) is 0 Å². The summed E-state index contributed by atoms with van der Waals surface area (Å²) in [5, 5.41) is 3.47. The number of aromatic nitrogens is 1. The van der Waals surface area contributed by atoms with E-state index < -0.39 is 0 Å². The summed E-state index contributed by atoms with van der Waals surface area (Å²) in [6.45, 7) is 15.2. The summed E-state index contributed by atoms with van der Waals surface area (Å²) in [5.74, 6) is 0. The van der Waals surface area contributed by atoms with Crippen LogP contribution in [-0.4, -0.2) is 24.1 Å². The number of rotatable bonds is 8. The lowest BCUT2D eigenvalue weighted by Gasteiger charge is -2.26. The van der Waals surface area contributed by atoms with Crippen LogP contribution in [-0.2, 0) is 6.54 Å². The fraction of sp³-hybridized carbons (Fsp3) is 0.562. The van der Waals surface area contributed by atoms with Gasteiger partial charge >= 0.3 is 0 Å². The first-order valence-corrected chi connectivity index (χ1v) is 7.13. The molecule has 0 radical (unpaired) electrons. The molecule has 19 heavy (non-hydrogen) atoms. The highest BCUT2D eigenvalue weighted by atomic mass is 15.1. The van der Waals surface area contributed by atoms with Crippen molar-refractivity contribution in [2.75, 3.05) is 18.0 Å². The van der Waals surface area contributed by atoms with E-state index >= 15 is 0 Å². The highest BCUT2D eigenvalue weighted by Gasteiger charge is 2.11. The summed E-state index contributed by atoms with van der Waals surface area (Å²) < 4.78 is 0. The van der Waals surface area contributed by atoms with E-state index in [1.54, 1.807) is 0 Å². The van der Waals surface area contributed by atoms with E-state index in [9.17, 15) is 0 Å². The molecule has 0 atom stereocenters. The second-order valence-electron chi connectivity index (χ2n) is 5.22. The van der Waals surface area contributed by atoms with Crippen molar-refractivity contribution in [3.8, 4) is 0 Å². The monoisotopic (exact) mass is 261 g/mol. The van der Waals surface area contributed by atoms with Gasteiger partial charge in [-0.3, -0.25) is 4.98 Å². The molecule has 1 aromatic rings. The standard InChI is InChI=1S/C16H27N3/c1-6-8-19(9-7-2)16-10-14(5)18-12-15(16)11-17-13(3)4/h6,10,12-13,17H,1,7-9,11H2,2-5H3. The van der Waals surface area contributed by atoms with Crippen LogP contribution < -0.4 is 10.2 Å². The molecule has 0 saturated heterocycles. The number of nitrogens with one attached hydrogen (secondary N) is 1. The van der Waals surface area contributed by atoms with Crippen molar-refractivity contribution in [1.82, 2.24) is 10.3 Å². The van der Waals surface area contributed by atoms with Gasteiger partial charge in [0.15, 0.2) is 0 Å². The summed E-state index contributed by atoms with van der Waals surface area (Å²) in [6, 6.07) is 2.66. The van der Waals surface area contributed by atoms with Crippen LogP contribution in [0.4, 0.5) is 5.69 Å². The maximum atomic E-state index is 4.43. The third kappa shape index (κ3) is 5.03. The number of nitrogens with zero attached hydrogens (tertiary/aromatic N) is 2. The van der Waals surface area contributed by atoms with Gasteiger partial charge in [0.2, 0.25) is 0 Å². The Morgan fingerprint density at radius 2 is 2.21 bits per heavy atom. The van der Waals surface area contributed by atoms with E-state index in [1.807, 2.05) is 19.2 Å². The molecular formula is C16H27N3. The average molecular weight is 261 g/mol. The lowest BCUT2D eigenvalue weighted by Crippen LogP contribution is -2.28. The summed E-state index contributed by atoms with van der Waals surface area (Å²) in [4.78, 5) is 6.80. The van der Waals surface area contributed by atoms with Gasteiger partial charge in [0.1, 0.15) is 0 Å². The largest absolute Gasteiger partial charge is 0.367 e. The molecular weight excluding hydrogens is 234 g/mol. The fourth-order valence-electron chi connectivity index (χ4n) is 2.05. The SMILES string of the molecule is C=CCN(CCC)c1cc(C)ncc1CNC(C)C. The van der Waals surface area contributed by atoms with Gasteiger partial charge in [0.25, 0.3) is 0 Å². The first-order chi connectivity index (χ1) is 9.08. The van der Waals surface area contributed by atoms with Crippen LogP contribution in [0.3, 0.4) is 0 Å². The van der Waals surface area contributed by atoms with E-state index in [-0.39, 0.29) is 0 Å². The summed E-state index contributed by atoms with van der Waals surface area (Å²) >= 11 is 0.